The van der Waals surface area contributed by atoms with Crippen molar-refractivity contribution in [3.8, 4) is 0 Å². The van der Waals surface area contributed by atoms with Gasteiger partial charge in [0.25, 0.3) is 0 Å². The van der Waals surface area contributed by atoms with E-state index in [-0.39, 0.29) is 0 Å². The van der Waals surface area contributed by atoms with Gasteiger partial charge in [-0.3, -0.25) is 0 Å². The first-order valence-electron chi connectivity index (χ1n) is 18.2. The monoisotopic (exact) mass is 576 g/mol. The molecule has 0 bridgehead atoms. The Kier molecular flexibility index (Phi) is 9.05. The van der Waals surface area contributed by atoms with Gasteiger partial charge in [-0.05, 0) is 92.8 Å². The summed E-state index contributed by atoms with van der Waals surface area (Å²) < 4.78 is 12.8. The van der Waals surface area contributed by atoms with Gasteiger partial charge < -0.3 is 8.83 Å². The molecule has 6 nitrogen and oxygen atoms in total. The fourth-order valence-electron chi connectivity index (χ4n) is 10.7. The highest BCUT2D eigenvalue weighted by molar-refractivity contribution is 5.07. The van der Waals surface area contributed by atoms with Crippen molar-refractivity contribution in [2.24, 2.45) is 41.4 Å². The maximum Gasteiger partial charge on any atom is 0.219 e. The second kappa shape index (κ2) is 13.1. The molecular weight excluding hydrogens is 520 g/mol. The van der Waals surface area contributed by atoms with Crippen molar-refractivity contribution >= 4 is 0 Å². The van der Waals surface area contributed by atoms with Crippen LogP contribution >= 0.6 is 0 Å². The summed E-state index contributed by atoms with van der Waals surface area (Å²) in [7, 11) is 0. The molecule has 0 aromatic carbocycles. The number of hydrogen-bond acceptors (Lipinski definition) is 6. The highest BCUT2D eigenvalue weighted by Crippen LogP contribution is 2.57. The highest BCUT2D eigenvalue weighted by Gasteiger charge is 2.49. The van der Waals surface area contributed by atoms with Gasteiger partial charge in [0.15, 0.2) is 0 Å². The molecule has 5 saturated carbocycles. The van der Waals surface area contributed by atoms with Crippen LogP contribution in [0.25, 0.3) is 0 Å². The number of hydrogen-bond donors (Lipinski definition) is 0. The third-order valence-electron chi connectivity index (χ3n) is 12.8. The zero-order chi connectivity index (χ0) is 28.5. The Balaban J connectivity index is 1.16. The summed E-state index contributed by atoms with van der Waals surface area (Å²) in [6, 6.07) is 0. The lowest BCUT2D eigenvalue weighted by molar-refractivity contribution is 0.000765. The number of rotatable bonds is 7. The zero-order valence-corrected chi connectivity index (χ0v) is 26.5. The SMILES string of the molecule is Cc1nnc(C2CC(CC3CCCCC3)C3CC(c4nnc(C5CCCC(C)C5)o4)CC(CC4CCCCC4)C3C2)o1. The van der Waals surface area contributed by atoms with E-state index in [1.807, 2.05) is 6.92 Å². The lowest BCUT2D eigenvalue weighted by Gasteiger charge is -2.51. The molecule has 8 atom stereocenters. The largest absolute Gasteiger partial charge is 0.425 e. The normalized spacial score (nSPS) is 37.0. The summed E-state index contributed by atoms with van der Waals surface area (Å²) >= 11 is 0. The topological polar surface area (TPSA) is 77.8 Å². The fraction of sp³-hybridized carbons (Fsp3) is 0.889. The molecule has 5 fully saturated rings. The van der Waals surface area contributed by atoms with Gasteiger partial charge in [-0.25, -0.2) is 0 Å². The first-order chi connectivity index (χ1) is 20.6. The highest BCUT2D eigenvalue weighted by atomic mass is 16.4. The molecule has 42 heavy (non-hydrogen) atoms. The quantitative estimate of drug-likeness (QED) is 0.326. The fourth-order valence-corrected chi connectivity index (χ4v) is 10.7. The minimum Gasteiger partial charge on any atom is -0.425 e. The predicted octanol–water partition coefficient (Wildman–Crippen LogP) is 9.92. The molecule has 0 radical (unpaired) electrons. The number of aryl methyl sites for hydroxylation is 1. The van der Waals surface area contributed by atoms with E-state index in [0.29, 0.717) is 17.8 Å². The molecule has 2 aromatic heterocycles. The van der Waals surface area contributed by atoms with E-state index in [4.69, 9.17) is 19.0 Å². The molecule has 2 heterocycles. The molecule has 5 aliphatic carbocycles. The van der Waals surface area contributed by atoms with Gasteiger partial charge in [0, 0.05) is 24.7 Å². The summed E-state index contributed by atoms with van der Waals surface area (Å²) in [5.74, 6) is 10.4. The van der Waals surface area contributed by atoms with Crippen LogP contribution in [0.15, 0.2) is 8.83 Å². The first-order valence-corrected chi connectivity index (χ1v) is 18.2. The standard InChI is InChI=1S/C36H56N4O2/c1-23-10-9-15-27(16-23)34-39-40-36(42-34)31-20-29(18-26-13-7-4-8-14-26)32-21-30(35-38-37-24(2)41-35)19-28(33(32)22-31)17-25-11-5-3-6-12-25/h23,25-33H,3-22H2,1-2H3. The average Bonchev–Trinajstić information content (AvgIpc) is 3.68. The van der Waals surface area contributed by atoms with E-state index < -0.39 is 0 Å². The van der Waals surface area contributed by atoms with Crippen LogP contribution in [0.3, 0.4) is 0 Å². The Hall–Kier alpha value is -1.72. The lowest BCUT2D eigenvalue weighted by Crippen LogP contribution is -2.42. The Bertz CT molecular complexity index is 1130. The van der Waals surface area contributed by atoms with E-state index in [1.54, 1.807) is 0 Å². The summed E-state index contributed by atoms with van der Waals surface area (Å²) in [6.07, 6.45) is 27.1. The molecule has 232 valence electrons. The molecule has 0 saturated heterocycles. The lowest BCUT2D eigenvalue weighted by atomic mass is 9.54. The smallest absolute Gasteiger partial charge is 0.219 e. The van der Waals surface area contributed by atoms with Gasteiger partial charge in [0.2, 0.25) is 23.6 Å². The Morgan fingerprint density at radius 3 is 1.57 bits per heavy atom. The number of nitrogens with zero attached hydrogens (tertiary/aromatic N) is 4. The Labute approximate surface area is 254 Å². The van der Waals surface area contributed by atoms with Gasteiger partial charge in [-0.1, -0.05) is 84.0 Å². The molecule has 0 amide bonds. The molecule has 0 aliphatic heterocycles. The number of fused-ring (bicyclic) bond motifs is 1. The predicted molar refractivity (Wildman–Crippen MR) is 164 cm³/mol. The maximum absolute atomic E-state index is 6.65. The molecule has 6 heteroatoms. The van der Waals surface area contributed by atoms with Crippen LogP contribution < -0.4 is 0 Å². The molecule has 8 unspecified atom stereocenters. The van der Waals surface area contributed by atoms with E-state index in [9.17, 15) is 0 Å². The Morgan fingerprint density at radius 1 is 0.524 bits per heavy atom. The van der Waals surface area contributed by atoms with Crippen molar-refractivity contribution in [2.75, 3.05) is 0 Å². The van der Waals surface area contributed by atoms with E-state index in [2.05, 4.69) is 17.1 Å². The van der Waals surface area contributed by atoms with E-state index in [0.717, 1.165) is 65.0 Å². The summed E-state index contributed by atoms with van der Waals surface area (Å²) in [5, 5.41) is 18.4. The summed E-state index contributed by atoms with van der Waals surface area (Å²) in [4.78, 5) is 0. The zero-order valence-electron chi connectivity index (χ0n) is 26.5. The van der Waals surface area contributed by atoms with E-state index in [1.165, 1.54) is 128 Å². The van der Waals surface area contributed by atoms with Gasteiger partial charge in [-0.15, -0.1) is 20.4 Å². The molecule has 0 spiro atoms. The number of aromatic nitrogens is 4. The van der Waals surface area contributed by atoms with Gasteiger partial charge in [-0.2, -0.15) is 0 Å². The first kappa shape index (κ1) is 29.0. The van der Waals surface area contributed by atoms with Crippen molar-refractivity contribution in [1.29, 1.82) is 0 Å². The molecule has 2 aromatic rings. The minimum absolute atomic E-state index is 0.426. The van der Waals surface area contributed by atoms with Crippen LogP contribution in [0.4, 0.5) is 0 Å². The third kappa shape index (κ3) is 6.53. The van der Waals surface area contributed by atoms with Crippen molar-refractivity contribution < 1.29 is 8.83 Å². The van der Waals surface area contributed by atoms with Crippen LogP contribution in [0.5, 0.6) is 0 Å². The van der Waals surface area contributed by atoms with Gasteiger partial charge in [0.1, 0.15) is 0 Å². The second-order valence-corrected chi connectivity index (χ2v) is 15.8. The van der Waals surface area contributed by atoms with Gasteiger partial charge >= 0.3 is 0 Å². The minimum atomic E-state index is 0.426. The van der Waals surface area contributed by atoms with Crippen molar-refractivity contribution in [1.82, 2.24) is 20.4 Å². The van der Waals surface area contributed by atoms with Crippen LogP contribution in [0, 0.1) is 48.3 Å². The second-order valence-electron chi connectivity index (χ2n) is 15.8. The van der Waals surface area contributed by atoms with Crippen molar-refractivity contribution in [2.45, 2.75) is 160 Å². The molecule has 5 aliphatic rings. The van der Waals surface area contributed by atoms with Gasteiger partial charge in [0.05, 0.1) is 0 Å². The molecule has 0 N–H and O–H groups in total. The van der Waals surface area contributed by atoms with Crippen molar-refractivity contribution in [3.63, 3.8) is 0 Å². The van der Waals surface area contributed by atoms with Crippen LogP contribution in [0.2, 0.25) is 0 Å². The van der Waals surface area contributed by atoms with Crippen molar-refractivity contribution in [3.05, 3.63) is 23.6 Å². The summed E-state index contributed by atoms with van der Waals surface area (Å²) in [5.41, 5.74) is 0. The third-order valence-corrected chi connectivity index (χ3v) is 12.8. The Morgan fingerprint density at radius 2 is 1.05 bits per heavy atom. The molecular formula is C36H56N4O2. The van der Waals surface area contributed by atoms with Crippen LogP contribution in [0.1, 0.15) is 177 Å². The average molecular weight is 577 g/mol. The maximum atomic E-state index is 6.65. The van der Waals surface area contributed by atoms with E-state index >= 15 is 0 Å². The summed E-state index contributed by atoms with van der Waals surface area (Å²) in [6.45, 7) is 4.34. The molecule has 7 rings (SSSR count). The van der Waals surface area contributed by atoms with Crippen LogP contribution in [-0.2, 0) is 0 Å². The van der Waals surface area contributed by atoms with Crippen LogP contribution in [-0.4, -0.2) is 20.4 Å².